The van der Waals surface area contributed by atoms with E-state index in [0.717, 1.165) is 24.4 Å². The smallest absolute Gasteiger partial charge is 0.212 e. The third-order valence-electron chi connectivity index (χ3n) is 3.36. The van der Waals surface area contributed by atoms with Gasteiger partial charge in [-0.3, -0.25) is 0 Å². The van der Waals surface area contributed by atoms with Crippen LogP contribution in [0.4, 0.5) is 0 Å². The number of rotatable bonds is 5. The Morgan fingerprint density at radius 1 is 1.56 bits per heavy atom. The van der Waals surface area contributed by atoms with Gasteiger partial charge in [-0.1, -0.05) is 13.0 Å². The van der Waals surface area contributed by atoms with Gasteiger partial charge in [-0.25, -0.2) is 13.1 Å². The summed E-state index contributed by atoms with van der Waals surface area (Å²) >= 11 is 1.61. The second kappa shape index (κ2) is 6.14. The summed E-state index contributed by atoms with van der Waals surface area (Å²) in [5.41, 5.74) is 0. The van der Waals surface area contributed by atoms with E-state index >= 15 is 0 Å². The number of hydrogen-bond donors (Lipinski definition) is 2. The molecule has 0 spiro atoms. The fourth-order valence-electron chi connectivity index (χ4n) is 2.13. The van der Waals surface area contributed by atoms with E-state index in [9.17, 15) is 8.42 Å². The van der Waals surface area contributed by atoms with Gasteiger partial charge in [-0.2, -0.15) is 0 Å². The van der Waals surface area contributed by atoms with Crippen molar-refractivity contribution in [3.8, 4) is 0 Å². The minimum Gasteiger partial charge on any atom is -0.315 e. The average Bonchev–Trinajstić information content (AvgIpc) is 2.83. The summed E-state index contributed by atoms with van der Waals surface area (Å²) < 4.78 is 26.8. The molecule has 2 atom stereocenters. The zero-order valence-electron chi connectivity index (χ0n) is 10.6. The molecule has 2 heterocycles. The van der Waals surface area contributed by atoms with Crippen molar-refractivity contribution in [3.05, 3.63) is 22.4 Å². The predicted molar refractivity (Wildman–Crippen MR) is 75.4 cm³/mol. The molecule has 1 aliphatic rings. The van der Waals surface area contributed by atoms with Gasteiger partial charge in [-0.15, -0.1) is 11.3 Å². The maximum Gasteiger partial charge on any atom is 0.212 e. The van der Waals surface area contributed by atoms with Crippen LogP contribution in [0.15, 0.2) is 17.5 Å². The van der Waals surface area contributed by atoms with Gasteiger partial charge < -0.3 is 5.32 Å². The summed E-state index contributed by atoms with van der Waals surface area (Å²) in [6.45, 7) is 3.82. The van der Waals surface area contributed by atoms with E-state index in [1.165, 1.54) is 0 Å². The van der Waals surface area contributed by atoms with Gasteiger partial charge in [0.05, 0.1) is 5.75 Å². The van der Waals surface area contributed by atoms with Gasteiger partial charge in [0, 0.05) is 17.5 Å². The lowest BCUT2D eigenvalue weighted by Gasteiger charge is -2.29. The van der Waals surface area contributed by atoms with E-state index in [1.807, 2.05) is 17.5 Å². The first kappa shape index (κ1) is 14.0. The Kier molecular flexibility index (Phi) is 4.77. The molecule has 1 aromatic heterocycles. The molecular weight excluding hydrogens is 268 g/mol. The van der Waals surface area contributed by atoms with Crippen LogP contribution >= 0.6 is 11.3 Å². The van der Waals surface area contributed by atoms with E-state index in [1.54, 1.807) is 11.3 Å². The normalized spacial score (nSPS) is 25.2. The Morgan fingerprint density at radius 3 is 3.06 bits per heavy atom. The highest BCUT2D eigenvalue weighted by molar-refractivity contribution is 7.89. The number of piperidine rings is 1. The number of aryl methyl sites for hydroxylation is 1. The third-order valence-corrected chi connectivity index (χ3v) is 5.70. The van der Waals surface area contributed by atoms with Crippen LogP contribution in [-0.4, -0.2) is 33.3 Å². The quantitative estimate of drug-likeness (QED) is 0.856. The number of hydrogen-bond acceptors (Lipinski definition) is 4. The maximum absolute atomic E-state index is 12.0. The fourth-order valence-corrected chi connectivity index (χ4v) is 4.35. The van der Waals surface area contributed by atoms with Crippen molar-refractivity contribution in [1.29, 1.82) is 0 Å². The summed E-state index contributed by atoms with van der Waals surface area (Å²) in [7, 11) is -3.17. The predicted octanol–water partition coefficient (Wildman–Crippen LogP) is 1.21. The Hall–Kier alpha value is -0.430. The highest BCUT2D eigenvalue weighted by Crippen LogP contribution is 2.13. The van der Waals surface area contributed by atoms with Gasteiger partial charge in [0.15, 0.2) is 0 Å². The summed E-state index contributed by atoms with van der Waals surface area (Å²) in [4.78, 5) is 1.12. The van der Waals surface area contributed by atoms with E-state index in [-0.39, 0.29) is 11.8 Å². The largest absolute Gasteiger partial charge is 0.315 e. The summed E-state index contributed by atoms with van der Waals surface area (Å²) in [6, 6.07) is 3.96. The Labute approximate surface area is 113 Å². The molecule has 0 radical (unpaired) electrons. The molecule has 2 rings (SSSR count). The Balaban J connectivity index is 1.86. The number of nitrogens with one attached hydrogen (secondary N) is 2. The van der Waals surface area contributed by atoms with Crippen LogP contribution in [-0.2, 0) is 16.4 Å². The highest BCUT2D eigenvalue weighted by atomic mass is 32.2. The van der Waals surface area contributed by atoms with Crippen LogP contribution in [0.3, 0.4) is 0 Å². The molecule has 1 aromatic rings. The molecule has 0 aromatic carbocycles. The molecule has 1 aliphatic heterocycles. The van der Waals surface area contributed by atoms with Crippen molar-refractivity contribution >= 4 is 21.4 Å². The molecule has 102 valence electrons. The minimum atomic E-state index is -3.17. The van der Waals surface area contributed by atoms with Crippen molar-refractivity contribution in [2.45, 2.75) is 25.8 Å². The van der Waals surface area contributed by atoms with Crippen molar-refractivity contribution in [1.82, 2.24) is 10.0 Å². The van der Waals surface area contributed by atoms with Gasteiger partial charge in [0.1, 0.15) is 0 Å². The Bertz CT molecular complexity index is 456. The van der Waals surface area contributed by atoms with E-state index in [4.69, 9.17) is 0 Å². The molecule has 6 heteroatoms. The zero-order valence-corrected chi connectivity index (χ0v) is 12.2. The van der Waals surface area contributed by atoms with Crippen molar-refractivity contribution in [2.24, 2.45) is 5.92 Å². The van der Waals surface area contributed by atoms with E-state index in [0.29, 0.717) is 12.3 Å². The molecule has 1 saturated heterocycles. The molecule has 2 N–H and O–H groups in total. The van der Waals surface area contributed by atoms with Crippen LogP contribution in [0.25, 0.3) is 0 Å². The average molecular weight is 288 g/mol. The van der Waals surface area contributed by atoms with Crippen molar-refractivity contribution in [2.75, 3.05) is 18.8 Å². The van der Waals surface area contributed by atoms with E-state index < -0.39 is 10.0 Å². The summed E-state index contributed by atoms with van der Waals surface area (Å²) in [5, 5.41) is 5.21. The summed E-state index contributed by atoms with van der Waals surface area (Å²) in [6.07, 6.45) is 1.62. The van der Waals surface area contributed by atoms with Crippen LogP contribution in [0.5, 0.6) is 0 Å². The summed E-state index contributed by atoms with van der Waals surface area (Å²) in [5.74, 6) is 0.583. The highest BCUT2D eigenvalue weighted by Gasteiger charge is 2.25. The van der Waals surface area contributed by atoms with Crippen LogP contribution in [0, 0.1) is 5.92 Å². The van der Waals surface area contributed by atoms with Crippen LogP contribution in [0.2, 0.25) is 0 Å². The molecule has 1 fully saturated rings. The Morgan fingerprint density at radius 2 is 2.39 bits per heavy atom. The van der Waals surface area contributed by atoms with Crippen molar-refractivity contribution < 1.29 is 8.42 Å². The molecule has 0 bridgehead atoms. The fraction of sp³-hybridized carbons (Fsp3) is 0.667. The SMILES string of the molecule is C[C@H]1CCNC[C@H]1NS(=O)(=O)CCc1cccs1. The second-order valence-corrected chi connectivity index (χ2v) is 7.75. The number of sulfonamides is 1. The zero-order chi connectivity index (χ0) is 13.0. The lowest BCUT2D eigenvalue weighted by Crippen LogP contribution is -2.50. The molecule has 0 amide bonds. The first-order valence-electron chi connectivity index (χ1n) is 6.30. The van der Waals surface area contributed by atoms with Gasteiger partial charge in [0.25, 0.3) is 0 Å². The van der Waals surface area contributed by atoms with Gasteiger partial charge in [-0.05, 0) is 36.8 Å². The molecule has 0 aliphatic carbocycles. The topological polar surface area (TPSA) is 58.2 Å². The van der Waals surface area contributed by atoms with Crippen molar-refractivity contribution in [3.63, 3.8) is 0 Å². The molecule has 0 unspecified atom stereocenters. The van der Waals surface area contributed by atoms with Crippen LogP contribution in [0.1, 0.15) is 18.2 Å². The lowest BCUT2D eigenvalue weighted by atomic mass is 9.96. The molecule has 0 saturated carbocycles. The molecular formula is C12H20N2O2S2. The van der Waals surface area contributed by atoms with E-state index in [2.05, 4.69) is 17.0 Å². The first-order chi connectivity index (χ1) is 8.57. The molecule has 4 nitrogen and oxygen atoms in total. The second-order valence-electron chi connectivity index (χ2n) is 4.84. The first-order valence-corrected chi connectivity index (χ1v) is 8.83. The van der Waals surface area contributed by atoms with Gasteiger partial charge in [0.2, 0.25) is 10.0 Å². The standard InChI is InChI=1S/C12H20N2O2S2/c1-10-4-6-13-9-12(10)14-18(15,16)8-5-11-3-2-7-17-11/h2-3,7,10,12-14H,4-6,8-9H2,1H3/t10-,12+/m0/s1. The van der Waals surface area contributed by atoms with Crippen LogP contribution < -0.4 is 10.0 Å². The lowest BCUT2D eigenvalue weighted by molar-refractivity contribution is 0.327. The monoisotopic (exact) mass is 288 g/mol. The minimum absolute atomic E-state index is 0.0343. The third kappa shape index (κ3) is 4.05. The number of thiophene rings is 1. The van der Waals surface area contributed by atoms with Gasteiger partial charge >= 0.3 is 0 Å². The maximum atomic E-state index is 12.0. The molecule has 18 heavy (non-hydrogen) atoms.